The van der Waals surface area contributed by atoms with Crippen LogP contribution in [-0.2, 0) is 0 Å². The van der Waals surface area contributed by atoms with Gasteiger partial charge in [-0.1, -0.05) is 42.5 Å². The molecule has 0 aromatic heterocycles. The smallest absolute Gasteiger partial charge is 0.457 e. The van der Waals surface area contributed by atoms with Crippen molar-refractivity contribution in [3.63, 3.8) is 0 Å². The molecule has 4 nitrogen and oxygen atoms in total. The summed E-state index contributed by atoms with van der Waals surface area (Å²) in [4.78, 5) is 2.34. The normalized spacial score (nSPS) is 15.9. The monoisotopic (exact) mass is 316 g/mol. The second-order valence-corrected chi connectivity index (χ2v) is 5.56. The maximum Gasteiger partial charge on any atom is 0.482 e. The Balaban J connectivity index is 0.000000455. The Labute approximate surface area is 140 Å². The summed E-state index contributed by atoms with van der Waals surface area (Å²) >= 11 is 0. The van der Waals surface area contributed by atoms with Gasteiger partial charge in [0.05, 0.1) is 17.1 Å². The third-order valence-electron chi connectivity index (χ3n) is 4.19. The zero-order valence-corrected chi connectivity index (χ0v) is 12.9. The minimum atomic E-state index is 0. The Morgan fingerprint density at radius 3 is 2.50 bits per heavy atom. The molecule has 0 amide bonds. The number of fused-ring (bicyclic) bond motifs is 4. The summed E-state index contributed by atoms with van der Waals surface area (Å²) in [6, 6.07) is 16.8. The second-order valence-electron chi connectivity index (χ2n) is 5.56. The van der Waals surface area contributed by atoms with Gasteiger partial charge in [0.25, 0.3) is 0 Å². The van der Waals surface area contributed by atoms with E-state index in [1.54, 1.807) is 0 Å². The van der Waals surface area contributed by atoms with Crippen molar-refractivity contribution in [3.8, 4) is 5.75 Å². The van der Waals surface area contributed by atoms with Crippen LogP contribution in [0.3, 0.4) is 0 Å². The first-order valence-corrected chi connectivity index (χ1v) is 7.71. The van der Waals surface area contributed by atoms with Gasteiger partial charge >= 0.3 is 7.69 Å². The van der Waals surface area contributed by atoms with Crippen molar-refractivity contribution in [2.45, 2.75) is 6.42 Å². The van der Waals surface area contributed by atoms with Crippen molar-refractivity contribution in [1.29, 1.82) is 0 Å². The summed E-state index contributed by atoms with van der Waals surface area (Å²) in [6.45, 7) is 0. The molecule has 1 aliphatic carbocycles. The second kappa shape index (κ2) is 6.04. The van der Waals surface area contributed by atoms with Crippen LogP contribution in [0, 0.1) is 0 Å². The highest BCUT2D eigenvalue weighted by Gasteiger charge is 2.33. The lowest BCUT2D eigenvalue weighted by Gasteiger charge is -2.39. The average Bonchev–Trinajstić information content (AvgIpc) is 2.62. The molecule has 2 aliphatic heterocycles. The van der Waals surface area contributed by atoms with Gasteiger partial charge < -0.3 is 19.7 Å². The van der Waals surface area contributed by atoms with Gasteiger partial charge in [0.2, 0.25) is 0 Å². The predicted molar refractivity (Wildman–Crippen MR) is 94.6 cm³/mol. The Hall–Kier alpha value is -2.76. The fourth-order valence-corrected chi connectivity index (χ4v) is 3.30. The Morgan fingerprint density at radius 1 is 0.958 bits per heavy atom. The van der Waals surface area contributed by atoms with E-state index in [0.29, 0.717) is 0 Å². The summed E-state index contributed by atoms with van der Waals surface area (Å²) in [5.41, 5.74) is 6.00. The highest BCUT2D eigenvalue weighted by atomic mass is 16.5. The van der Waals surface area contributed by atoms with Crippen LogP contribution < -0.4 is 9.64 Å². The van der Waals surface area contributed by atoms with Crippen LogP contribution in [0.2, 0.25) is 0 Å². The van der Waals surface area contributed by atoms with Crippen LogP contribution in [0.25, 0.3) is 6.08 Å². The maximum absolute atomic E-state index is 7.00. The van der Waals surface area contributed by atoms with E-state index in [4.69, 9.17) is 14.8 Å². The lowest BCUT2D eigenvalue weighted by atomic mass is 9.92. The van der Waals surface area contributed by atoms with Crippen molar-refractivity contribution < 1.29 is 14.8 Å². The molecule has 0 fully saturated rings. The van der Waals surface area contributed by atoms with Gasteiger partial charge in [0.1, 0.15) is 5.76 Å². The molecule has 24 heavy (non-hydrogen) atoms. The van der Waals surface area contributed by atoms with Gasteiger partial charge in [-0.2, -0.15) is 0 Å². The van der Waals surface area contributed by atoms with Gasteiger partial charge in [-0.3, -0.25) is 0 Å². The van der Waals surface area contributed by atoms with Gasteiger partial charge in [-0.15, -0.1) is 0 Å². The van der Waals surface area contributed by atoms with Crippen molar-refractivity contribution in [2.24, 2.45) is 0 Å². The van der Waals surface area contributed by atoms with Crippen molar-refractivity contribution in [3.05, 3.63) is 83.3 Å². The molecule has 0 bridgehead atoms. The molecule has 0 atom stereocenters. The predicted octanol–water partition coefficient (Wildman–Crippen LogP) is 3.29. The minimum Gasteiger partial charge on any atom is -0.457 e. The Morgan fingerprint density at radius 2 is 1.67 bits per heavy atom. The first kappa shape index (κ1) is 14.8. The number of rotatable bonds is 0. The van der Waals surface area contributed by atoms with E-state index in [1.807, 2.05) is 12.1 Å². The van der Waals surface area contributed by atoms with Gasteiger partial charge in [-0.25, -0.2) is 0 Å². The van der Waals surface area contributed by atoms with Crippen LogP contribution in [0.15, 0.2) is 77.7 Å². The lowest BCUT2D eigenvalue weighted by molar-refractivity contribution is 0.399. The molecule has 5 heteroatoms. The largest absolute Gasteiger partial charge is 0.482 e. The van der Waals surface area contributed by atoms with E-state index >= 15 is 0 Å². The summed E-state index contributed by atoms with van der Waals surface area (Å²) in [5, 5.41) is 14.0. The molecule has 2 N–H and O–H groups in total. The lowest BCUT2D eigenvalue weighted by Crippen LogP contribution is -2.29. The molecular weight excluding hydrogens is 301 g/mol. The van der Waals surface area contributed by atoms with Crippen LogP contribution in [-0.4, -0.2) is 17.7 Å². The van der Waals surface area contributed by atoms with Crippen LogP contribution in [0.4, 0.5) is 11.4 Å². The van der Waals surface area contributed by atoms with Gasteiger partial charge in [0.15, 0.2) is 5.75 Å². The Kier molecular flexibility index (Phi) is 3.73. The molecule has 0 saturated carbocycles. The first-order chi connectivity index (χ1) is 11.8. The summed E-state index contributed by atoms with van der Waals surface area (Å²) in [5.74, 6) is 1.97. The van der Waals surface area contributed by atoms with Crippen LogP contribution >= 0.6 is 0 Å². The van der Waals surface area contributed by atoms with E-state index < -0.39 is 0 Å². The fraction of sp³-hybridized carbons (Fsp3) is 0.0526. The molecule has 2 heterocycles. The zero-order valence-electron chi connectivity index (χ0n) is 12.9. The van der Waals surface area contributed by atoms with Gasteiger partial charge in [-0.05, 0) is 29.8 Å². The van der Waals surface area contributed by atoms with Crippen molar-refractivity contribution in [2.75, 3.05) is 4.90 Å². The topological polar surface area (TPSA) is 52.9 Å². The first-order valence-electron chi connectivity index (χ1n) is 7.71. The average molecular weight is 316 g/mol. The number of benzene rings is 2. The van der Waals surface area contributed by atoms with Crippen molar-refractivity contribution in [1.82, 2.24) is 0 Å². The summed E-state index contributed by atoms with van der Waals surface area (Å²) in [7, 11) is 0. The van der Waals surface area contributed by atoms with E-state index in [9.17, 15) is 0 Å². The number of hydrogen-bond acceptors (Lipinski definition) is 4. The van der Waals surface area contributed by atoms with E-state index in [0.717, 1.165) is 23.6 Å². The summed E-state index contributed by atoms with van der Waals surface area (Å²) in [6.07, 6.45) is 7.46. The molecule has 117 valence electrons. The van der Waals surface area contributed by atoms with Crippen molar-refractivity contribution >= 4 is 25.1 Å². The van der Waals surface area contributed by atoms with Gasteiger partial charge in [0, 0.05) is 12.0 Å². The highest BCUT2D eigenvalue weighted by molar-refractivity contribution is 6.13. The number of allylic oxidation sites excluding steroid dienone is 2. The quantitative estimate of drug-likeness (QED) is 0.732. The Bertz CT molecular complexity index is 886. The number of para-hydroxylation sites is 3. The van der Waals surface area contributed by atoms with E-state index in [1.165, 1.54) is 22.5 Å². The molecule has 0 spiro atoms. The molecule has 3 aliphatic rings. The van der Waals surface area contributed by atoms with E-state index in [2.05, 4.69) is 59.5 Å². The standard InChI is InChI=1S/C19H13NO.BH2O2/c1-2-8-15-13(6-1)12-14-7-5-11-18-19(14)20(15)16-9-3-4-10-17(16)21-18;2-1-3/h1-10,12H,11H2;2-3H. The molecule has 5 rings (SSSR count). The molecule has 2 aromatic carbocycles. The van der Waals surface area contributed by atoms with Crippen LogP contribution in [0.1, 0.15) is 12.0 Å². The molecule has 0 saturated heterocycles. The highest BCUT2D eigenvalue weighted by Crippen LogP contribution is 2.50. The number of nitrogens with zero attached hydrogens (tertiary/aromatic N) is 1. The third-order valence-corrected chi connectivity index (χ3v) is 4.19. The van der Waals surface area contributed by atoms with E-state index in [-0.39, 0.29) is 7.69 Å². The minimum absolute atomic E-state index is 0. The molecular formula is C19H15BNO3. The SMILES string of the molecule is C1=CC2=Cc3ccccc3N3C2=C(C1)Oc1ccccc13.O[B]O. The molecule has 0 unspecified atom stereocenters. The van der Waals surface area contributed by atoms with Crippen LogP contribution in [0.5, 0.6) is 5.75 Å². The summed E-state index contributed by atoms with van der Waals surface area (Å²) < 4.78 is 6.13. The molecule has 1 radical (unpaired) electrons. The number of ether oxygens (including phenoxy) is 1. The number of hydrogen-bond donors (Lipinski definition) is 2. The number of anilines is 2. The fourth-order valence-electron chi connectivity index (χ4n) is 3.30. The zero-order chi connectivity index (χ0) is 16.5. The molecule has 2 aromatic rings. The maximum atomic E-state index is 7.00. The third kappa shape index (κ3) is 2.26.